The molecule has 0 bridgehead atoms. The number of benzene rings is 1. The van der Waals surface area contributed by atoms with Crippen molar-refractivity contribution in [2.24, 2.45) is 5.92 Å². The molecule has 7 heteroatoms. The van der Waals surface area contributed by atoms with Crippen LogP contribution in [0.15, 0.2) is 22.6 Å². The summed E-state index contributed by atoms with van der Waals surface area (Å²) in [4.78, 5) is 14.7. The number of para-hydroxylation sites is 1. The molecule has 20 heavy (non-hydrogen) atoms. The summed E-state index contributed by atoms with van der Waals surface area (Å²) in [5.41, 5.74) is 0.707. The molecule has 1 aliphatic rings. The molecular formula is C13H16N4O3. The fourth-order valence-electron chi connectivity index (χ4n) is 2.47. The van der Waals surface area contributed by atoms with Crippen molar-refractivity contribution in [1.29, 1.82) is 0 Å². The van der Waals surface area contributed by atoms with Gasteiger partial charge in [0.2, 0.25) is 0 Å². The maximum Gasteiger partial charge on any atom is 0.298 e. The van der Waals surface area contributed by atoms with E-state index in [-0.39, 0.29) is 5.69 Å². The molecule has 1 aromatic heterocycles. The Balaban J connectivity index is 1.75. The third kappa shape index (κ3) is 2.57. The molecule has 0 amide bonds. The lowest BCUT2D eigenvalue weighted by Gasteiger charge is -2.22. The number of nitrogens with one attached hydrogen (secondary N) is 2. The minimum absolute atomic E-state index is 0.0267. The average molecular weight is 276 g/mol. The van der Waals surface area contributed by atoms with E-state index in [1.807, 2.05) is 0 Å². The fourth-order valence-corrected chi connectivity index (χ4v) is 2.47. The second kappa shape index (κ2) is 5.46. The number of hydrogen-bond acceptors (Lipinski definition) is 6. The summed E-state index contributed by atoms with van der Waals surface area (Å²) in [6.45, 7) is 2.85. The van der Waals surface area contributed by atoms with E-state index in [0.717, 1.165) is 32.5 Å². The maximum absolute atomic E-state index is 10.9. The standard InChI is InChI=1S/C13H16N4O3/c18-17(19)10-2-1-3-11-12(10)16-13(20-11)15-8-9-4-6-14-7-5-9/h1-3,9,14H,4-8H2,(H,15,16). The van der Waals surface area contributed by atoms with Crippen LogP contribution in [0.3, 0.4) is 0 Å². The van der Waals surface area contributed by atoms with Crippen LogP contribution in [0.2, 0.25) is 0 Å². The molecule has 3 rings (SSSR count). The van der Waals surface area contributed by atoms with E-state index in [1.54, 1.807) is 12.1 Å². The van der Waals surface area contributed by atoms with Gasteiger partial charge in [-0.25, -0.2) is 0 Å². The molecule has 2 N–H and O–H groups in total. The van der Waals surface area contributed by atoms with Crippen LogP contribution in [0.5, 0.6) is 0 Å². The molecule has 0 aliphatic carbocycles. The third-order valence-corrected chi connectivity index (χ3v) is 3.60. The number of rotatable bonds is 4. The molecule has 1 aromatic carbocycles. The van der Waals surface area contributed by atoms with Crippen molar-refractivity contribution < 1.29 is 9.34 Å². The van der Waals surface area contributed by atoms with Gasteiger partial charge < -0.3 is 15.1 Å². The number of piperidine rings is 1. The highest BCUT2D eigenvalue weighted by atomic mass is 16.6. The molecule has 0 radical (unpaired) electrons. The van der Waals surface area contributed by atoms with Crippen molar-refractivity contribution in [2.45, 2.75) is 12.8 Å². The number of nitro benzene ring substituents is 1. The number of non-ortho nitro benzene ring substituents is 1. The van der Waals surface area contributed by atoms with Gasteiger partial charge in [0, 0.05) is 12.6 Å². The van der Waals surface area contributed by atoms with Crippen LogP contribution >= 0.6 is 0 Å². The maximum atomic E-state index is 10.9. The summed E-state index contributed by atoms with van der Waals surface area (Å²) in [6.07, 6.45) is 2.24. The largest absolute Gasteiger partial charge is 0.423 e. The molecule has 1 saturated heterocycles. The summed E-state index contributed by atoms with van der Waals surface area (Å²) in [5, 5.41) is 17.4. The van der Waals surface area contributed by atoms with Gasteiger partial charge in [0.05, 0.1) is 4.92 Å². The Kier molecular flexibility index (Phi) is 3.51. The molecule has 0 unspecified atom stereocenters. The Morgan fingerprint density at radius 2 is 2.25 bits per heavy atom. The van der Waals surface area contributed by atoms with Gasteiger partial charge in [0.25, 0.3) is 11.7 Å². The fraction of sp³-hybridized carbons (Fsp3) is 0.462. The van der Waals surface area contributed by atoms with Crippen LogP contribution in [0.1, 0.15) is 12.8 Å². The summed E-state index contributed by atoms with van der Waals surface area (Å²) in [7, 11) is 0. The first-order chi connectivity index (χ1) is 9.74. The van der Waals surface area contributed by atoms with E-state index in [4.69, 9.17) is 4.42 Å². The summed E-state index contributed by atoms with van der Waals surface area (Å²) in [5.74, 6) is 0.584. The Morgan fingerprint density at radius 1 is 1.45 bits per heavy atom. The molecular weight excluding hydrogens is 260 g/mol. The number of hydrogen-bond donors (Lipinski definition) is 2. The van der Waals surface area contributed by atoms with Gasteiger partial charge in [-0.15, -0.1) is 0 Å². The van der Waals surface area contributed by atoms with E-state index >= 15 is 0 Å². The van der Waals surface area contributed by atoms with Crippen molar-refractivity contribution in [3.8, 4) is 0 Å². The Bertz CT molecular complexity index is 619. The Labute approximate surface area is 115 Å². The summed E-state index contributed by atoms with van der Waals surface area (Å²) >= 11 is 0. The quantitative estimate of drug-likeness (QED) is 0.656. The van der Waals surface area contributed by atoms with Crippen LogP contribution in [-0.2, 0) is 0 Å². The van der Waals surface area contributed by atoms with E-state index in [2.05, 4.69) is 15.6 Å². The molecule has 2 heterocycles. The normalized spacial score (nSPS) is 16.4. The van der Waals surface area contributed by atoms with Gasteiger partial charge in [0.15, 0.2) is 11.1 Å². The highest BCUT2D eigenvalue weighted by molar-refractivity contribution is 5.83. The second-order valence-electron chi connectivity index (χ2n) is 4.97. The van der Waals surface area contributed by atoms with E-state index in [1.165, 1.54) is 6.07 Å². The van der Waals surface area contributed by atoms with Crippen LogP contribution in [0, 0.1) is 16.0 Å². The van der Waals surface area contributed by atoms with Crippen molar-refractivity contribution in [3.05, 3.63) is 28.3 Å². The van der Waals surface area contributed by atoms with Crippen LogP contribution < -0.4 is 10.6 Å². The van der Waals surface area contributed by atoms with Crippen LogP contribution in [-0.4, -0.2) is 29.5 Å². The lowest BCUT2D eigenvalue weighted by Crippen LogP contribution is -2.31. The van der Waals surface area contributed by atoms with E-state index < -0.39 is 4.92 Å². The lowest BCUT2D eigenvalue weighted by atomic mass is 9.98. The van der Waals surface area contributed by atoms with Gasteiger partial charge in [-0.2, -0.15) is 4.98 Å². The highest BCUT2D eigenvalue weighted by Gasteiger charge is 2.18. The molecule has 106 valence electrons. The predicted molar refractivity (Wildman–Crippen MR) is 74.7 cm³/mol. The van der Waals surface area contributed by atoms with Gasteiger partial charge >= 0.3 is 0 Å². The van der Waals surface area contributed by atoms with Gasteiger partial charge in [-0.05, 0) is 37.9 Å². The van der Waals surface area contributed by atoms with E-state index in [0.29, 0.717) is 23.0 Å². The first kappa shape index (κ1) is 12.9. The Hall–Kier alpha value is -2.15. The monoisotopic (exact) mass is 276 g/mol. The minimum atomic E-state index is -0.443. The second-order valence-corrected chi connectivity index (χ2v) is 4.97. The van der Waals surface area contributed by atoms with Gasteiger partial charge in [0.1, 0.15) is 0 Å². The van der Waals surface area contributed by atoms with Gasteiger partial charge in [-0.1, -0.05) is 6.07 Å². The lowest BCUT2D eigenvalue weighted by molar-refractivity contribution is -0.383. The summed E-state index contributed by atoms with van der Waals surface area (Å²) in [6, 6.07) is 5.07. The smallest absolute Gasteiger partial charge is 0.298 e. The molecule has 0 atom stereocenters. The van der Waals surface area contributed by atoms with Crippen molar-refractivity contribution in [1.82, 2.24) is 10.3 Å². The SMILES string of the molecule is O=[N+]([O-])c1cccc2oc(NCC3CCNCC3)nc12. The predicted octanol–water partition coefficient (Wildman–Crippen LogP) is 2.15. The molecule has 1 aliphatic heterocycles. The van der Waals surface area contributed by atoms with Gasteiger partial charge in [-0.3, -0.25) is 10.1 Å². The molecule has 0 saturated carbocycles. The molecule has 7 nitrogen and oxygen atoms in total. The van der Waals surface area contributed by atoms with Crippen molar-refractivity contribution in [3.63, 3.8) is 0 Å². The first-order valence-corrected chi connectivity index (χ1v) is 6.72. The third-order valence-electron chi connectivity index (χ3n) is 3.60. The molecule has 1 fully saturated rings. The minimum Gasteiger partial charge on any atom is -0.423 e. The van der Waals surface area contributed by atoms with Crippen LogP contribution in [0.4, 0.5) is 11.7 Å². The highest BCUT2D eigenvalue weighted by Crippen LogP contribution is 2.27. The first-order valence-electron chi connectivity index (χ1n) is 6.72. The molecule has 0 spiro atoms. The van der Waals surface area contributed by atoms with Crippen LogP contribution in [0.25, 0.3) is 11.1 Å². The Morgan fingerprint density at radius 3 is 3.00 bits per heavy atom. The van der Waals surface area contributed by atoms with Crippen molar-refractivity contribution >= 4 is 22.8 Å². The number of anilines is 1. The number of nitro groups is 1. The number of fused-ring (bicyclic) bond motifs is 1. The molecule has 2 aromatic rings. The zero-order chi connectivity index (χ0) is 13.9. The van der Waals surface area contributed by atoms with E-state index in [9.17, 15) is 10.1 Å². The van der Waals surface area contributed by atoms with Crippen molar-refractivity contribution in [2.75, 3.05) is 25.0 Å². The average Bonchev–Trinajstić information content (AvgIpc) is 2.88. The number of aromatic nitrogens is 1. The number of oxazole rings is 1. The number of nitrogens with zero attached hydrogens (tertiary/aromatic N) is 2. The zero-order valence-corrected chi connectivity index (χ0v) is 11.0. The topological polar surface area (TPSA) is 93.2 Å². The summed E-state index contributed by atoms with van der Waals surface area (Å²) < 4.78 is 5.51. The zero-order valence-electron chi connectivity index (χ0n) is 11.0.